The van der Waals surface area contributed by atoms with E-state index in [2.05, 4.69) is 35.8 Å². The van der Waals surface area contributed by atoms with E-state index in [0.29, 0.717) is 23.3 Å². The van der Waals surface area contributed by atoms with Crippen molar-refractivity contribution >= 4 is 22.6 Å². The first kappa shape index (κ1) is 19.4. The van der Waals surface area contributed by atoms with E-state index in [4.69, 9.17) is 0 Å². The van der Waals surface area contributed by atoms with Gasteiger partial charge in [0.1, 0.15) is 12.1 Å². The van der Waals surface area contributed by atoms with E-state index in [9.17, 15) is 9.18 Å². The van der Waals surface area contributed by atoms with Crippen LogP contribution in [0.5, 0.6) is 0 Å². The van der Waals surface area contributed by atoms with Crippen LogP contribution in [0.4, 0.5) is 10.2 Å². The Kier molecular flexibility index (Phi) is 5.34. The van der Waals surface area contributed by atoms with Crippen molar-refractivity contribution in [3.63, 3.8) is 0 Å². The minimum atomic E-state index is -0.641. The van der Waals surface area contributed by atoms with Gasteiger partial charge < -0.3 is 10.6 Å². The molecule has 0 aliphatic heterocycles. The summed E-state index contributed by atoms with van der Waals surface area (Å²) >= 11 is 0. The Bertz CT molecular complexity index is 1190. The highest BCUT2D eigenvalue weighted by Crippen LogP contribution is 2.28. The van der Waals surface area contributed by atoms with Crippen molar-refractivity contribution in [1.82, 2.24) is 30.5 Å². The van der Waals surface area contributed by atoms with Crippen molar-refractivity contribution < 1.29 is 9.18 Å². The largest absolute Gasteiger partial charge is 0.369 e. The Hall–Kier alpha value is -3.88. The zero-order valence-electron chi connectivity index (χ0n) is 16.5. The lowest BCUT2D eigenvalue weighted by Gasteiger charge is -2.16. The Labute approximate surface area is 172 Å². The standard InChI is InChI=1S/C21H20FN7O/c1-12(7-24-18-6-17(26-11-27-18)13-8-28-29-9-13)14-4-3-5-15-19(21(30)23-2)16(22)10-25-20(14)15/h3-6,8-12H,7H2,1-2H3,(H,23,30)(H,28,29)(H,24,26,27)/t12-/m1/s1. The fourth-order valence-electron chi connectivity index (χ4n) is 3.35. The smallest absolute Gasteiger partial charge is 0.254 e. The van der Waals surface area contributed by atoms with Gasteiger partial charge in [-0.05, 0) is 5.56 Å². The number of carbonyl (C=O) groups excluding carboxylic acids is 1. The molecule has 30 heavy (non-hydrogen) atoms. The van der Waals surface area contributed by atoms with Crippen molar-refractivity contribution in [1.29, 1.82) is 0 Å². The summed E-state index contributed by atoms with van der Waals surface area (Å²) in [5.41, 5.74) is 3.15. The van der Waals surface area contributed by atoms with E-state index in [-0.39, 0.29) is 11.5 Å². The monoisotopic (exact) mass is 405 g/mol. The van der Waals surface area contributed by atoms with Crippen molar-refractivity contribution in [2.45, 2.75) is 12.8 Å². The van der Waals surface area contributed by atoms with E-state index < -0.39 is 11.7 Å². The minimum Gasteiger partial charge on any atom is -0.369 e. The zero-order valence-corrected chi connectivity index (χ0v) is 16.5. The molecule has 0 spiro atoms. The number of fused-ring (bicyclic) bond motifs is 1. The number of hydrogen-bond acceptors (Lipinski definition) is 6. The highest BCUT2D eigenvalue weighted by molar-refractivity contribution is 6.06. The lowest BCUT2D eigenvalue weighted by Crippen LogP contribution is -2.20. The Morgan fingerprint density at radius 2 is 2.10 bits per heavy atom. The average molecular weight is 405 g/mol. The molecule has 1 atom stereocenters. The molecule has 9 heteroatoms. The molecule has 0 aliphatic carbocycles. The SMILES string of the molecule is CNC(=O)c1c(F)cnc2c([C@H](C)CNc3cc(-c4cn[nH]c4)ncn3)cccc12. The van der Waals surface area contributed by atoms with Crippen LogP contribution in [0.2, 0.25) is 0 Å². The van der Waals surface area contributed by atoms with E-state index in [0.717, 1.165) is 23.0 Å². The summed E-state index contributed by atoms with van der Waals surface area (Å²) in [6, 6.07) is 7.30. The van der Waals surface area contributed by atoms with Crippen LogP contribution in [0.3, 0.4) is 0 Å². The second-order valence-corrected chi connectivity index (χ2v) is 6.86. The highest BCUT2D eigenvalue weighted by Gasteiger charge is 2.19. The number of hydrogen-bond donors (Lipinski definition) is 3. The fraction of sp³-hybridized carbons (Fsp3) is 0.190. The predicted octanol–water partition coefficient (Wildman–Crippen LogP) is 3.13. The number of pyridine rings is 1. The maximum absolute atomic E-state index is 14.3. The second-order valence-electron chi connectivity index (χ2n) is 6.86. The van der Waals surface area contributed by atoms with Crippen molar-refractivity contribution in [3.05, 3.63) is 66.1 Å². The molecule has 3 heterocycles. The molecular weight excluding hydrogens is 385 g/mol. The molecule has 0 unspecified atom stereocenters. The molecule has 4 rings (SSSR count). The summed E-state index contributed by atoms with van der Waals surface area (Å²) in [5.74, 6) is -0.414. The van der Waals surface area contributed by atoms with Gasteiger partial charge in [-0.2, -0.15) is 5.10 Å². The second kappa shape index (κ2) is 8.24. The van der Waals surface area contributed by atoms with Gasteiger partial charge in [-0.3, -0.25) is 14.9 Å². The number of aromatic amines is 1. The van der Waals surface area contributed by atoms with E-state index in [1.54, 1.807) is 18.5 Å². The van der Waals surface area contributed by atoms with Crippen LogP contribution in [0.15, 0.2) is 49.2 Å². The number of nitrogens with one attached hydrogen (secondary N) is 3. The molecule has 0 bridgehead atoms. The van der Waals surface area contributed by atoms with E-state index in [1.165, 1.54) is 13.4 Å². The van der Waals surface area contributed by atoms with Crippen LogP contribution >= 0.6 is 0 Å². The molecule has 0 aliphatic rings. The summed E-state index contributed by atoms with van der Waals surface area (Å²) in [5, 5.41) is 13.0. The number of rotatable bonds is 6. The zero-order chi connectivity index (χ0) is 21.1. The third-order valence-electron chi connectivity index (χ3n) is 4.92. The summed E-state index contributed by atoms with van der Waals surface area (Å²) in [4.78, 5) is 24.9. The van der Waals surface area contributed by atoms with Crippen molar-refractivity contribution in [3.8, 4) is 11.3 Å². The van der Waals surface area contributed by atoms with Gasteiger partial charge in [0.25, 0.3) is 5.91 Å². The average Bonchev–Trinajstić information content (AvgIpc) is 3.31. The van der Waals surface area contributed by atoms with Gasteiger partial charge in [0.05, 0.1) is 29.2 Å². The number of nitrogens with zero attached hydrogens (tertiary/aromatic N) is 4. The van der Waals surface area contributed by atoms with Gasteiger partial charge in [-0.15, -0.1) is 0 Å². The maximum Gasteiger partial charge on any atom is 0.254 e. The third kappa shape index (κ3) is 3.69. The quantitative estimate of drug-likeness (QED) is 0.455. The number of amides is 1. The van der Waals surface area contributed by atoms with Gasteiger partial charge in [0.15, 0.2) is 5.82 Å². The lowest BCUT2D eigenvalue weighted by atomic mass is 9.96. The van der Waals surface area contributed by atoms with Crippen molar-refractivity contribution in [2.75, 3.05) is 18.9 Å². The van der Waals surface area contributed by atoms with Gasteiger partial charge >= 0.3 is 0 Å². The van der Waals surface area contributed by atoms with Crippen LogP contribution in [-0.2, 0) is 0 Å². The molecule has 3 N–H and O–H groups in total. The molecule has 0 saturated heterocycles. The van der Waals surface area contributed by atoms with Crippen molar-refractivity contribution in [2.24, 2.45) is 0 Å². The molecule has 1 amide bonds. The van der Waals surface area contributed by atoms with E-state index >= 15 is 0 Å². The highest BCUT2D eigenvalue weighted by atomic mass is 19.1. The molecule has 3 aromatic heterocycles. The fourth-order valence-corrected chi connectivity index (χ4v) is 3.35. The molecule has 4 aromatic rings. The summed E-state index contributed by atoms with van der Waals surface area (Å²) in [7, 11) is 1.48. The molecule has 0 radical (unpaired) electrons. The van der Waals surface area contributed by atoms with E-state index in [1.807, 2.05) is 25.1 Å². The Morgan fingerprint density at radius 3 is 2.87 bits per heavy atom. The number of carbonyl (C=O) groups is 1. The van der Waals surface area contributed by atoms with Crippen LogP contribution in [0.1, 0.15) is 28.8 Å². The topological polar surface area (TPSA) is 108 Å². The van der Waals surface area contributed by atoms with Gasteiger partial charge in [-0.1, -0.05) is 25.1 Å². The number of H-pyrrole nitrogens is 1. The number of anilines is 1. The van der Waals surface area contributed by atoms with Gasteiger partial charge in [0.2, 0.25) is 0 Å². The summed E-state index contributed by atoms with van der Waals surface area (Å²) in [6.45, 7) is 2.60. The Balaban J connectivity index is 1.59. The maximum atomic E-state index is 14.3. The Morgan fingerprint density at radius 1 is 1.23 bits per heavy atom. The van der Waals surface area contributed by atoms with Crippen LogP contribution in [0, 0.1) is 5.82 Å². The number of benzene rings is 1. The number of aromatic nitrogens is 5. The van der Waals surface area contributed by atoms with Crippen LogP contribution < -0.4 is 10.6 Å². The van der Waals surface area contributed by atoms with Crippen LogP contribution in [0.25, 0.3) is 22.2 Å². The molecule has 0 fully saturated rings. The first-order valence-electron chi connectivity index (χ1n) is 9.42. The summed E-state index contributed by atoms with van der Waals surface area (Å²) < 4.78 is 14.3. The van der Waals surface area contributed by atoms with Crippen LogP contribution in [-0.4, -0.2) is 44.6 Å². The molecule has 0 saturated carbocycles. The molecular formula is C21H20FN7O. The first-order valence-corrected chi connectivity index (χ1v) is 9.42. The number of para-hydroxylation sites is 1. The minimum absolute atomic E-state index is 0.00469. The first-order chi connectivity index (χ1) is 14.6. The third-order valence-corrected chi connectivity index (χ3v) is 4.92. The normalized spacial score (nSPS) is 12.0. The summed E-state index contributed by atoms with van der Waals surface area (Å²) in [6.07, 6.45) is 6.05. The lowest BCUT2D eigenvalue weighted by molar-refractivity contribution is 0.0961. The number of halogens is 1. The van der Waals surface area contributed by atoms with Gasteiger partial charge in [-0.25, -0.2) is 14.4 Å². The molecule has 152 valence electrons. The predicted molar refractivity (Wildman–Crippen MR) is 112 cm³/mol. The van der Waals surface area contributed by atoms with Gasteiger partial charge in [0, 0.05) is 42.7 Å². The molecule has 1 aromatic carbocycles. The molecule has 8 nitrogen and oxygen atoms in total.